The molecule has 38 heavy (non-hydrogen) atoms. The average Bonchev–Trinajstić information content (AvgIpc) is 3.53. The summed E-state index contributed by atoms with van der Waals surface area (Å²) in [4.78, 5) is 0. The van der Waals surface area contributed by atoms with Crippen molar-refractivity contribution in [3.63, 3.8) is 0 Å². The molecular formula is C36H23NS. The maximum atomic E-state index is 2.38. The maximum Gasteiger partial charge on any atom is 0.0547 e. The van der Waals surface area contributed by atoms with Crippen molar-refractivity contribution < 1.29 is 0 Å². The van der Waals surface area contributed by atoms with Gasteiger partial charge in [0.1, 0.15) is 0 Å². The van der Waals surface area contributed by atoms with Gasteiger partial charge in [0.2, 0.25) is 0 Å². The van der Waals surface area contributed by atoms with Crippen LogP contribution >= 0.6 is 11.3 Å². The summed E-state index contributed by atoms with van der Waals surface area (Å²) in [5.41, 5.74) is 8.66. The molecule has 0 unspecified atom stereocenters. The molecule has 0 aliphatic rings. The molecule has 2 heteroatoms. The van der Waals surface area contributed by atoms with Crippen molar-refractivity contribution in [1.29, 1.82) is 0 Å². The minimum atomic E-state index is 1.18. The minimum Gasteiger partial charge on any atom is -0.309 e. The Bertz CT molecular complexity index is 2110. The van der Waals surface area contributed by atoms with Gasteiger partial charge in [0, 0.05) is 36.6 Å². The Morgan fingerprint density at radius 2 is 1.08 bits per heavy atom. The van der Waals surface area contributed by atoms with E-state index in [0.29, 0.717) is 0 Å². The van der Waals surface area contributed by atoms with Gasteiger partial charge in [-0.05, 0) is 52.6 Å². The molecular weight excluding hydrogens is 478 g/mol. The molecule has 2 heterocycles. The molecule has 0 N–H and O–H groups in total. The van der Waals surface area contributed by atoms with E-state index in [1.165, 1.54) is 69.9 Å². The summed E-state index contributed by atoms with van der Waals surface area (Å²) >= 11 is 1.88. The van der Waals surface area contributed by atoms with Gasteiger partial charge in [0.05, 0.1) is 11.0 Å². The molecule has 0 atom stereocenters. The summed E-state index contributed by atoms with van der Waals surface area (Å²) < 4.78 is 5.08. The SMILES string of the molecule is c1ccc(-n2c3ccccc3c3ccc(-c4ccc(-c5cccc6c5sc5ccccc56)cc4)cc32)cc1. The molecule has 0 bridgehead atoms. The van der Waals surface area contributed by atoms with Crippen LogP contribution in [-0.2, 0) is 0 Å². The molecule has 2 aromatic heterocycles. The van der Waals surface area contributed by atoms with Crippen LogP contribution in [0.5, 0.6) is 0 Å². The minimum absolute atomic E-state index is 1.18. The molecule has 0 saturated carbocycles. The third-order valence-electron chi connectivity index (χ3n) is 7.62. The van der Waals surface area contributed by atoms with Gasteiger partial charge in [-0.2, -0.15) is 0 Å². The monoisotopic (exact) mass is 501 g/mol. The van der Waals surface area contributed by atoms with Gasteiger partial charge >= 0.3 is 0 Å². The zero-order chi connectivity index (χ0) is 25.1. The summed E-state index contributed by atoms with van der Waals surface area (Å²) in [7, 11) is 0. The van der Waals surface area contributed by atoms with Gasteiger partial charge in [-0.3, -0.25) is 0 Å². The van der Waals surface area contributed by atoms with Crippen LogP contribution in [0, 0.1) is 0 Å². The highest BCUT2D eigenvalue weighted by molar-refractivity contribution is 7.26. The van der Waals surface area contributed by atoms with E-state index in [0.717, 1.165) is 0 Å². The lowest BCUT2D eigenvalue weighted by atomic mass is 9.98. The van der Waals surface area contributed by atoms with Crippen molar-refractivity contribution in [2.75, 3.05) is 0 Å². The fraction of sp³-hybridized carbons (Fsp3) is 0. The molecule has 6 aromatic carbocycles. The number of rotatable bonds is 3. The second-order valence-electron chi connectivity index (χ2n) is 9.78. The first-order chi connectivity index (χ1) is 18.8. The number of nitrogens with zero attached hydrogens (tertiary/aromatic N) is 1. The highest BCUT2D eigenvalue weighted by Crippen LogP contribution is 2.40. The summed E-state index contributed by atoms with van der Waals surface area (Å²) in [5, 5.41) is 5.24. The largest absolute Gasteiger partial charge is 0.309 e. The molecule has 178 valence electrons. The van der Waals surface area contributed by atoms with Gasteiger partial charge in [0.25, 0.3) is 0 Å². The fourth-order valence-electron chi connectivity index (χ4n) is 5.82. The standard InChI is InChI=1S/C36H23NS/c1-2-9-27(10-3-1)37-33-15-6-4-11-29(33)30-22-21-26(23-34(30)37)24-17-19-25(20-18-24)28-13-8-14-32-31-12-5-7-16-35(31)38-36(28)32/h1-23H. The van der Waals surface area contributed by atoms with E-state index in [9.17, 15) is 0 Å². The Kier molecular flexibility index (Phi) is 4.76. The Balaban J connectivity index is 1.26. The molecule has 8 aromatic rings. The van der Waals surface area contributed by atoms with Gasteiger partial charge < -0.3 is 4.57 Å². The molecule has 0 spiro atoms. The third kappa shape index (κ3) is 3.24. The Morgan fingerprint density at radius 1 is 0.421 bits per heavy atom. The normalized spacial score (nSPS) is 11.7. The van der Waals surface area contributed by atoms with Crippen molar-refractivity contribution in [3.05, 3.63) is 140 Å². The van der Waals surface area contributed by atoms with Crippen molar-refractivity contribution in [3.8, 4) is 27.9 Å². The van der Waals surface area contributed by atoms with E-state index in [2.05, 4.69) is 144 Å². The van der Waals surface area contributed by atoms with Crippen molar-refractivity contribution >= 4 is 53.3 Å². The first-order valence-electron chi connectivity index (χ1n) is 12.9. The molecule has 1 nitrogen and oxygen atoms in total. The van der Waals surface area contributed by atoms with Crippen LogP contribution in [-0.4, -0.2) is 4.57 Å². The summed E-state index contributed by atoms with van der Waals surface area (Å²) in [6, 6.07) is 50.6. The highest BCUT2D eigenvalue weighted by atomic mass is 32.1. The molecule has 0 aliphatic heterocycles. The molecule has 0 radical (unpaired) electrons. The number of hydrogen-bond donors (Lipinski definition) is 0. The predicted molar refractivity (Wildman–Crippen MR) is 165 cm³/mol. The van der Waals surface area contributed by atoms with Crippen LogP contribution in [0.2, 0.25) is 0 Å². The van der Waals surface area contributed by atoms with Gasteiger partial charge in [-0.25, -0.2) is 0 Å². The molecule has 0 saturated heterocycles. The predicted octanol–water partition coefficient (Wildman–Crippen LogP) is 10.5. The van der Waals surface area contributed by atoms with E-state index in [1.54, 1.807) is 0 Å². The first-order valence-corrected chi connectivity index (χ1v) is 13.8. The zero-order valence-electron chi connectivity index (χ0n) is 20.6. The number of aromatic nitrogens is 1. The van der Waals surface area contributed by atoms with Crippen LogP contribution in [0.3, 0.4) is 0 Å². The first kappa shape index (κ1) is 21.4. The lowest BCUT2D eigenvalue weighted by Gasteiger charge is -2.09. The quantitative estimate of drug-likeness (QED) is 0.227. The number of fused-ring (bicyclic) bond motifs is 6. The van der Waals surface area contributed by atoms with Crippen LogP contribution in [0.4, 0.5) is 0 Å². The second-order valence-corrected chi connectivity index (χ2v) is 10.8. The number of hydrogen-bond acceptors (Lipinski definition) is 1. The topological polar surface area (TPSA) is 4.93 Å². The van der Waals surface area contributed by atoms with E-state index in [4.69, 9.17) is 0 Å². The van der Waals surface area contributed by atoms with Crippen LogP contribution in [0.1, 0.15) is 0 Å². The average molecular weight is 502 g/mol. The number of para-hydroxylation sites is 2. The third-order valence-corrected chi connectivity index (χ3v) is 8.84. The maximum absolute atomic E-state index is 2.38. The summed E-state index contributed by atoms with van der Waals surface area (Å²) in [6.07, 6.45) is 0. The van der Waals surface area contributed by atoms with Crippen LogP contribution < -0.4 is 0 Å². The van der Waals surface area contributed by atoms with E-state index >= 15 is 0 Å². The smallest absolute Gasteiger partial charge is 0.0547 e. The fourth-order valence-corrected chi connectivity index (χ4v) is 7.06. The summed E-state index contributed by atoms with van der Waals surface area (Å²) in [6.45, 7) is 0. The highest BCUT2D eigenvalue weighted by Gasteiger charge is 2.14. The van der Waals surface area contributed by atoms with Gasteiger partial charge in [-0.15, -0.1) is 11.3 Å². The molecule has 8 rings (SSSR count). The van der Waals surface area contributed by atoms with E-state index in [-0.39, 0.29) is 0 Å². The Labute approximate surface area is 224 Å². The molecule has 0 aliphatic carbocycles. The lowest BCUT2D eigenvalue weighted by molar-refractivity contribution is 1.18. The summed E-state index contributed by atoms with van der Waals surface area (Å²) in [5.74, 6) is 0. The lowest BCUT2D eigenvalue weighted by Crippen LogP contribution is -1.93. The number of benzene rings is 6. The molecule has 0 amide bonds. The van der Waals surface area contributed by atoms with Gasteiger partial charge in [-0.1, -0.05) is 109 Å². The van der Waals surface area contributed by atoms with Crippen LogP contribution in [0.25, 0.3) is 69.9 Å². The van der Waals surface area contributed by atoms with Crippen molar-refractivity contribution in [2.45, 2.75) is 0 Å². The zero-order valence-corrected chi connectivity index (χ0v) is 21.5. The van der Waals surface area contributed by atoms with Crippen LogP contribution in [0.15, 0.2) is 140 Å². The van der Waals surface area contributed by atoms with E-state index < -0.39 is 0 Å². The second kappa shape index (κ2) is 8.44. The Hall–Kier alpha value is -4.66. The van der Waals surface area contributed by atoms with Gasteiger partial charge in [0.15, 0.2) is 0 Å². The molecule has 0 fully saturated rings. The Morgan fingerprint density at radius 3 is 1.95 bits per heavy atom. The van der Waals surface area contributed by atoms with Crippen molar-refractivity contribution in [1.82, 2.24) is 4.57 Å². The van der Waals surface area contributed by atoms with E-state index in [1.807, 2.05) is 11.3 Å². The van der Waals surface area contributed by atoms with Crippen molar-refractivity contribution in [2.24, 2.45) is 0 Å². The number of thiophene rings is 1.